The van der Waals surface area contributed by atoms with Gasteiger partial charge in [-0.3, -0.25) is 9.69 Å². The second kappa shape index (κ2) is 9.25. The van der Waals surface area contributed by atoms with Gasteiger partial charge in [0.2, 0.25) is 5.91 Å². The van der Waals surface area contributed by atoms with Gasteiger partial charge in [-0.2, -0.15) is 0 Å². The number of anilines is 1. The molecule has 0 aliphatic rings. The number of hydrogen-bond acceptors (Lipinski definition) is 4. The van der Waals surface area contributed by atoms with Crippen LogP contribution in [-0.4, -0.2) is 44.7 Å². The van der Waals surface area contributed by atoms with Gasteiger partial charge in [-0.15, -0.1) is 0 Å². The van der Waals surface area contributed by atoms with Crippen molar-refractivity contribution in [3.63, 3.8) is 0 Å². The molecular formula is C21H28N2O3. The second-order valence-corrected chi connectivity index (χ2v) is 6.24. The van der Waals surface area contributed by atoms with Crippen molar-refractivity contribution in [2.75, 3.05) is 32.7 Å². The molecule has 0 saturated heterocycles. The van der Waals surface area contributed by atoms with Crippen LogP contribution >= 0.6 is 0 Å². The first kappa shape index (κ1) is 19.8. The van der Waals surface area contributed by atoms with E-state index in [1.165, 1.54) is 0 Å². The molecule has 0 saturated carbocycles. The van der Waals surface area contributed by atoms with E-state index < -0.39 is 0 Å². The quantitative estimate of drug-likeness (QED) is 0.725. The van der Waals surface area contributed by atoms with Gasteiger partial charge in [-0.25, -0.2) is 0 Å². The topological polar surface area (TPSA) is 42.0 Å². The van der Waals surface area contributed by atoms with Crippen molar-refractivity contribution in [3.05, 3.63) is 54.1 Å². The van der Waals surface area contributed by atoms with E-state index in [4.69, 9.17) is 9.47 Å². The number of rotatable bonds is 8. The van der Waals surface area contributed by atoms with Gasteiger partial charge in [0.25, 0.3) is 0 Å². The first-order chi connectivity index (χ1) is 12.5. The highest BCUT2D eigenvalue weighted by atomic mass is 16.5. The molecule has 26 heavy (non-hydrogen) atoms. The van der Waals surface area contributed by atoms with Crippen LogP contribution < -0.4 is 14.4 Å². The fraction of sp³-hybridized carbons (Fsp3) is 0.381. The van der Waals surface area contributed by atoms with E-state index in [1.807, 2.05) is 81.4 Å². The maximum Gasteiger partial charge on any atom is 0.243 e. The fourth-order valence-corrected chi connectivity index (χ4v) is 2.76. The highest BCUT2D eigenvalue weighted by Crippen LogP contribution is 2.28. The summed E-state index contributed by atoms with van der Waals surface area (Å²) in [4.78, 5) is 16.5. The lowest BCUT2D eigenvalue weighted by molar-refractivity contribution is -0.122. The minimum atomic E-state index is -0.252. The molecule has 0 aromatic heterocycles. The van der Waals surface area contributed by atoms with Crippen LogP contribution in [0.3, 0.4) is 0 Å². The van der Waals surface area contributed by atoms with E-state index in [9.17, 15) is 4.79 Å². The Morgan fingerprint density at radius 3 is 2.38 bits per heavy atom. The van der Waals surface area contributed by atoms with Crippen LogP contribution in [0, 0.1) is 0 Å². The summed E-state index contributed by atoms with van der Waals surface area (Å²) in [6.07, 6.45) is 0. The molecule has 2 aromatic rings. The Labute approximate surface area is 156 Å². The smallest absolute Gasteiger partial charge is 0.243 e. The van der Waals surface area contributed by atoms with Gasteiger partial charge in [0.05, 0.1) is 19.8 Å². The Morgan fingerprint density at radius 1 is 1.08 bits per heavy atom. The summed E-state index contributed by atoms with van der Waals surface area (Å²) < 4.78 is 11.0. The Morgan fingerprint density at radius 2 is 1.77 bits per heavy atom. The second-order valence-electron chi connectivity index (χ2n) is 6.24. The summed E-state index contributed by atoms with van der Waals surface area (Å²) in [7, 11) is 5.39. The number of likely N-dealkylation sites (N-methyl/N-ethyl adjacent to an activating group) is 2. The summed E-state index contributed by atoms with van der Waals surface area (Å²) >= 11 is 0. The van der Waals surface area contributed by atoms with Crippen LogP contribution in [0.15, 0.2) is 48.5 Å². The van der Waals surface area contributed by atoms with Gasteiger partial charge in [-0.05, 0) is 50.7 Å². The van der Waals surface area contributed by atoms with Crippen molar-refractivity contribution in [2.24, 2.45) is 0 Å². The third-order valence-electron chi connectivity index (χ3n) is 4.45. The molecular weight excluding hydrogens is 328 g/mol. The third-order valence-corrected chi connectivity index (χ3v) is 4.45. The Hall–Kier alpha value is -2.53. The number of para-hydroxylation sites is 1. The van der Waals surface area contributed by atoms with E-state index in [2.05, 4.69) is 0 Å². The Balaban J connectivity index is 2.06. The Kier molecular flexibility index (Phi) is 7.04. The first-order valence-corrected chi connectivity index (χ1v) is 8.80. The van der Waals surface area contributed by atoms with Crippen molar-refractivity contribution in [1.29, 1.82) is 0 Å². The van der Waals surface area contributed by atoms with E-state index in [-0.39, 0.29) is 11.9 Å². The van der Waals surface area contributed by atoms with Crippen molar-refractivity contribution < 1.29 is 14.3 Å². The zero-order chi connectivity index (χ0) is 19.1. The van der Waals surface area contributed by atoms with Gasteiger partial charge in [0.15, 0.2) is 11.5 Å². The fourth-order valence-electron chi connectivity index (χ4n) is 2.76. The summed E-state index contributed by atoms with van der Waals surface area (Å²) in [5.74, 6) is 1.49. The van der Waals surface area contributed by atoms with Crippen LogP contribution in [0.5, 0.6) is 11.5 Å². The van der Waals surface area contributed by atoms with E-state index in [0.717, 1.165) is 17.0 Å². The summed E-state index contributed by atoms with van der Waals surface area (Å²) in [5, 5.41) is 0. The normalized spacial score (nSPS) is 11.9. The SMILES string of the molecule is CCOc1ccc(CN(C)[C@@H](C)C(=O)N(C)c2ccccc2)cc1OC. The van der Waals surface area contributed by atoms with E-state index in [0.29, 0.717) is 18.9 Å². The molecule has 0 N–H and O–H groups in total. The highest BCUT2D eigenvalue weighted by Gasteiger charge is 2.22. The van der Waals surface area contributed by atoms with Crippen molar-refractivity contribution in [1.82, 2.24) is 4.90 Å². The summed E-state index contributed by atoms with van der Waals surface area (Å²) in [5.41, 5.74) is 1.95. The number of methoxy groups -OCH3 is 1. The number of carbonyl (C=O) groups is 1. The van der Waals surface area contributed by atoms with Crippen molar-refractivity contribution in [3.8, 4) is 11.5 Å². The summed E-state index contributed by atoms with van der Waals surface area (Å²) in [6.45, 7) is 5.09. The van der Waals surface area contributed by atoms with Crippen LogP contribution in [0.2, 0.25) is 0 Å². The molecule has 0 bridgehead atoms. The van der Waals surface area contributed by atoms with Crippen molar-refractivity contribution >= 4 is 11.6 Å². The average Bonchev–Trinajstić information content (AvgIpc) is 2.68. The van der Waals surface area contributed by atoms with Crippen LogP contribution in [0.25, 0.3) is 0 Å². The van der Waals surface area contributed by atoms with Crippen LogP contribution in [-0.2, 0) is 11.3 Å². The average molecular weight is 356 g/mol. The third kappa shape index (κ3) is 4.76. The summed E-state index contributed by atoms with van der Waals surface area (Å²) in [6, 6.07) is 15.3. The largest absolute Gasteiger partial charge is 0.493 e. The zero-order valence-electron chi connectivity index (χ0n) is 16.2. The number of nitrogens with zero attached hydrogens (tertiary/aromatic N) is 2. The molecule has 0 spiro atoms. The lowest BCUT2D eigenvalue weighted by atomic mass is 10.1. The zero-order valence-corrected chi connectivity index (χ0v) is 16.2. The standard InChI is InChI=1S/C21H28N2O3/c1-6-26-19-13-12-17(14-20(19)25-5)15-22(3)16(2)21(24)23(4)18-10-8-7-9-11-18/h7-14,16H,6,15H2,1-5H3/t16-/m0/s1. The molecule has 1 amide bonds. The number of hydrogen-bond donors (Lipinski definition) is 0. The molecule has 0 aliphatic heterocycles. The number of benzene rings is 2. The first-order valence-electron chi connectivity index (χ1n) is 8.80. The molecule has 5 heteroatoms. The van der Waals surface area contributed by atoms with E-state index in [1.54, 1.807) is 12.0 Å². The lowest BCUT2D eigenvalue weighted by Crippen LogP contribution is -2.43. The lowest BCUT2D eigenvalue weighted by Gasteiger charge is -2.28. The number of ether oxygens (including phenoxy) is 2. The number of amides is 1. The molecule has 0 unspecified atom stereocenters. The van der Waals surface area contributed by atoms with Gasteiger partial charge >= 0.3 is 0 Å². The molecule has 0 heterocycles. The van der Waals surface area contributed by atoms with Crippen LogP contribution in [0.4, 0.5) is 5.69 Å². The number of carbonyl (C=O) groups excluding carboxylic acids is 1. The van der Waals surface area contributed by atoms with Gasteiger partial charge in [0, 0.05) is 19.3 Å². The van der Waals surface area contributed by atoms with Gasteiger partial charge < -0.3 is 14.4 Å². The van der Waals surface area contributed by atoms with Crippen molar-refractivity contribution in [2.45, 2.75) is 26.4 Å². The maximum atomic E-state index is 12.8. The van der Waals surface area contributed by atoms with Gasteiger partial charge in [-0.1, -0.05) is 24.3 Å². The molecule has 5 nitrogen and oxygen atoms in total. The van der Waals surface area contributed by atoms with Crippen LogP contribution in [0.1, 0.15) is 19.4 Å². The molecule has 0 radical (unpaired) electrons. The predicted molar refractivity (Wildman–Crippen MR) is 105 cm³/mol. The molecule has 2 rings (SSSR count). The monoisotopic (exact) mass is 356 g/mol. The molecule has 140 valence electrons. The molecule has 2 aromatic carbocycles. The predicted octanol–water partition coefficient (Wildman–Crippen LogP) is 3.58. The minimum absolute atomic E-state index is 0.0524. The Bertz CT molecular complexity index is 718. The van der Waals surface area contributed by atoms with E-state index >= 15 is 0 Å². The molecule has 0 aliphatic carbocycles. The minimum Gasteiger partial charge on any atom is -0.493 e. The highest BCUT2D eigenvalue weighted by molar-refractivity contribution is 5.96. The maximum absolute atomic E-state index is 12.8. The molecule has 0 fully saturated rings. The molecule has 1 atom stereocenters. The van der Waals surface area contributed by atoms with Gasteiger partial charge in [0.1, 0.15) is 0 Å².